The van der Waals surface area contributed by atoms with Gasteiger partial charge in [0.25, 0.3) is 5.91 Å². The first-order chi connectivity index (χ1) is 11.6. The third-order valence-electron chi connectivity index (χ3n) is 4.72. The van der Waals surface area contributed by atoms with Gasteiger partial charge in [0.05, 0.1) is 0 Å². The number of rotatable bonds is 5. The highest BCUT2D eigenvalue weighted by molar-refractivity contribution is 5.92. The predicted molar refractivity (Wildman–Crippen MR) is 92.9 cm³/mol. The average Bonchev–Trinajstić information content (AvgIpc) is 3.03. The van der Waals surface area contributed by atoms with E-state index in [4.69, 9.17) is 4.52 Å². The quantitative estimate of drug-likeness (QED) is 0.847. The fourth-order valence-electron chi connectivity index (χ4n) is 3.29. The molecule has 3 rings (SSSR count). The molecule has 0 bridgehead atoms. The van der Waals surface area contributed by atoms with Gasteiger partial charge in [0.2, 0.25) is 0 Å². The summed E-state index contributed by atoms with van der Waals surface area (Å²) in [4.78, 5) is 16.6. The molecule has 1 atom stereocenters. The van der Waals surface area contributed by atoms with Gasteiger partial charge in [0, 0.05) is 38.7 Å². The summed E-state index contributed by atoms with van der Waals surface area (Å²) in [5.41, 5.74) is 3.17. The molecule has 1 aromatic carbocycles. The SMILES string of the molecule is CCCc1cc(C(=O)N(C)CC2Cc3ccccc3CN2C)no1. The summed E-state index contributed by atoms with van der Waals surface area (Å²) in [7, 11) is 3.96. The van der Waals surface area contributed by atoms with Crippen molar-refractivity contribution in [1.82, 2.24) is 15.0 Å². The Bertz CT molecular complexity index is 710. The Labute approximate surface area is 143 Å². The number of aryl methyl sites for hydroxylation is 1. The molecule has 1 aliphatic rings. The number of likely N-dealkylation sites (N-methyl/N-ethyl adjacent to an activating group) is 2. The number of nitrogens with zero attached hydrogens (tertiary/aromatic N) is 3. The Balaban J connectivity index is 1.65. The molecule has 0 radical (unpaired) electrons. The van der Waals surface area contributed by atoms with E-state index >= 15 is 0 Å². The van der Waals surface area contributed by atoms with E-state index in [0.29, 0.717) is 18.3 Å². The number of carbonyl (C=O) groups excluding carboxylic acids is 1. The average molecular weight is 327 g/mol. The fourth-order valence-corrected chi connectivity index (χ4v) is 3.29. The number of hydrogen-bond donors (Lipinski definition) is 0. The van der Waals surface area contributed by atoms with Gasteiger partial charge in [-0.3, -0.25) is 9.69 Å². The molecule has 1 amide bonds. The Morgan fingerprint density at radius 2 is 2.12 bits per heavy atom. The van der Waals surface area contributed by atoms with Crippen molar-refractivity contribution in [2.45, 2.75) is 38.8 Å². The third-order valence-corrected chi connectivity index (χ3v) is 4.72. The zero-order chi connectivity index (χ0) is 17.1. The van der Waals surface area contributed by atoms with Crippen LogP contribution in [-0.4, -0.2) is 47.5 Å². The summed E-state index contributed by atoms with van der Waals surface area (Å²) in [5.74, 6) is 0.700. The Hall–Kier alpha value is -2.14. The van der Waals surface area contributed by atoms with Crippen LogP contribution in [0, 0.1) is 0 Å². The maximum absolute atomic E-state index is 12.6. The Kier molecular flexibility index (Phi) is 5.00. The maximum atomic E-state index is 12.6. The van der Waals surface area contributed by atoms with Gasteiger partial charge in [-0.05, 0) is 31.0 Å². The van der Waals surface area contributed by atoms with E-state index in [1.807, 2.05) is 7.05 Å². The van der Waals surface area contributed by atoms with E-state index in [1.165, 1.54) is 11.1 Å². The molecule has 0 fully saturated rings. The highest BCUT2D eigenvalue weighted by Gasteiger charge is 2.26. The highest BCUT2D eigenvalue weighted by Crippen LogP contribution is 2.22. The van der Waals surface area contributed by atoms with Crippen LogP contribution in [0.4, 0.5) is 0 Å². The molecule has 0 spiro atoms. The van der Waals surface area contributed by atoms with Gasteiger partial charge >= 0.3 is 0 Å². The fraction of sp³-hybridized carbons (Fsp3) is 0.474. The second-order valence-electron chi connectivity index (χ2n) is 6.66. The number of benzene rings is 1. The van der Waals surface area contributed by atoms with Gasteiger partial charge in [-0.15, -0.1) is 0 Å². The first-order valence-electron chi connectivity index (χ1n) is 8.56. The number of hydrogen-bond acceptors (Lipinski definition) is 4. The molecule has 0 saturated heterocycles. The van der Waals surface area contributed by atoms with Crippen molar-refractivity contribution < 1.29 is 9.32 Å². The molecule has 0 saturated carbocycles. The summed E-state index contributed by atoms with van der Waals surface area (Å²) in [6.45, 7) is 3.68. The second kappa shape index (κ2) is 7.18. The lowest BCUT2D eigenvalue weighted by Crippen LogP contribution is -2.46. The van der Waals surface area contributed by atoms with Crippen LogP contribution < -0.4 is 0 Å². The van der Waals surface area contributed by atoms with Gasteiger partial charge < -0.3 is 9.42 Å². The standard InChI is InChI=1S/C19H25N3O2/c1-4-7-17-11-18(20-24-17)19(23)22(3)13-16-10-14-8-5-6-9-15(14)12-21(16)2/h5-6,8-9,11,16H,4,7,10,12-13H2,1-3H3. The van der Waals surface area contributed by atoms with Crippen LogP contribution in [0.2, 0.25) is 0 Å². The highest BCUT2D eigenvalue weighted by atomic mass is 16.5. The van der Waals surface area contributed by atoms with Gasteiger partial charge in [-0.2, -0.15) is 0 Å². The first kappa shape index (κ1) is 16.7. The van der Waals surface area contributed by atoms with Crippen molar-refractivity contribution in [3.05, 3.63) is 52.9 Å². The van der Waals surface area contributed by atoms with E-state index in [2.05, 4.69) is 48.3 Å². The van der Waals surface area contributed by atoms with Crippen LogP contribution in [0.5, 0.6) is 0 Å². The molecule has 24 heavy (non-hydrogen) atoms. The number of amides is 1. The Morgan fingerprint density at radius 1 is 1.38 bits per heavy atom. The molecule has 5 nitrogen and oxygen atoms in total. The Morgan fingerprint density at radius 3 is 2.88 bits per heavy atom. The predicted octanol–water partition coefficient (Wildman–Crippen LogP) is 2.76. The largest absolute Gasteiger partial charge is 0.361 e. The minimum Gasteiger partial charge on any atom is -0.361 e. The minimum atomic E-state index is -0.0756. The van der Waals surface area contributed by atoms with E-state index in [-0.39, 0.29) is 5.91 Å². The molecule has 5 heteroatoms. The first-order valence-corrected chi connectivity index (χ1v) is 8.56. The van der Waals surface area contributed by atoms with E-state index in [9.17, 15) is 4.79 Å². The van der Waals surface area contributed by atoms with Crippen molar-refractivity contribution in [3.63, 3.8) is 0 Å². The third kappa shape index (κ3) is 3.51. The number of aromatic nitrogens is 1. The molecule has 1 aliphatic heterocycles. The smallest absolute Gasteiger partial charge is 0.275 e. The summed E-state index contributed by atoms with van der Waals surface area (Å²) in [6, 6.07) is 10.6. The van der Waals surface area contributed by atoms with E-state index < -0.39 is 0 Å². The van der Waals surface area contributed by atoms with Gasteiger partial charge in [-0.25, -0.2) is 0 Å². The topological polar surface area (TPSA) is 49.6 Å². The van der Waals surface area contributed by atoms with E-state index in [1.54, 1.807) is 11.0 Å². The maximum Gasteiger partial charge on any atom is 0.275 e. The molecule has 128 valence electrons. The molecular weight excluding hydrogens is 302 g/mol. The minimum absolute atomic E-state index is 0.0756. The number of fused-ring (bicyclic) bond motifs is 1. The van der Waals surface area contributed by atoms with Crippen LogP contribution in [0.15, 0.2) is 34.9 Å². The summed E-state index contributed by atoms with van der Waals surface area (Å²) < 4.78 is 5.23. The lowest BCUT2D eigenvalue weighted by Gasteiger charge is -2.36. The van der Waals surface area contributed by atoms with Gasteiger partial charge in [0.1, 0.15) is 5.76 Å². The summed E-state index contributed by atoms with van der Waals surface area (Å²) in [5, 5.41) is 3.92. The molecular formula is C19H25N3O2. The monoisotopic (exact) mass is 327 g/mol. The van der Waals surface area contributed by atoms with Crippen molar-refractivity contribution in [3.8, 4) is 0 Å². The summed E-state index contributed by atoms with van der Waals surface area (Å²) >= 11 is 0. The van der Waals surface area contributed by atoms with Crippen molar-refractivity contribution in [2.75, 3.05) is 20.6 Å². The lowest BCUT2D eigenvalue weighted by molar-refractivity contribution is 0.0723. The summed E-state index contributed by atoms with van der Waals surface area (Å²) in [6.07, 6.45) is 2.75. The second-order valence-corrected chi connectivity index (χ2v) is 6.66. The van der Waals surface area contributed by atoms with Crippen LogP contribution in [0.25, 0.3) is 0 Å². The van der Waals surface area contributed by atoms with Crippen LogP contribution >= 0.6 is 0 Å². The molecule has 2 aromatic rings. The van der Waals surface area contributed by atoms with Crippen molar-refractivity contribution >= 4 is 5.91 Å². The van der Waals surface area contributed by atoms with Gasteiger partial charge in [-0.1, -0.05) is 36.3 Å². The normalized spacial score (nSPS) is 17.5. The van der Waals surface area contributed by atoms with Crippen LogP contribution in [-0.2, 0) is 19.4 Å². The zero-order valence-electron chi connectivity index (χ0n) is 14.7. The zero-order valence-corrected chi connectivity index (χ0v) is 14.7. The van der Waals surface area contributed by atoms with Crippen LogP contribution in [0.1, 0.15) is 40.7 Å². The number of carbonyl (C=O) groups is 1. The lowest BCUT2D eigenvalue weighted by atomic mass is 9.94. The molecule has 1 aromatic heterocycles. The van der Waals surface area contributed by atoms with Crippen molar-refractivity contribution in [1.29, 1.82) is 0 Å². The van der Waals surface area contributed by atoms with Crippen molar-refractivity contribution in [2.24, 2.45) is 0 Å². The molecule has 0 aliphatic carbocycles. The van der Waals surface area contributed by atoms with E-state index in [0.717, 1.165) is 31.6 Å². The van der Waals surface area contributed by atoms with Crippen LogP contribution in [0.3, 0.4) is 0 Å². The molecule has 1 unspecified atom stereocenters. The molecule has 2 heterocycles. The molecule has 0 N–H and O–H groups in total. The van der Waals surface area contributed by atoms with Gasteiger partial charge in [0.15, 0.2) is 5.69 Å².